The number of carbonyl (C=O) groups is 1. The predicted molar refractivity (Wildman–Crippen MR) is 125 cm³/mol. The molecule has 30 heavy (non-hydrogen) atoms. The van der Waals surface area contributed by atoms with Gasteiger partial charge in [0.1, 0.15) is 0 Å². The zero-order valence-corrected chi connectivity index (χ0v) is 19.3. The van der Waals surface area contributed by atoms with E-state index in [-0.39, 0.29) is 17.9 Å². The van der Waals surface area contributed by atoms with E-state index in [9.17, 15) is 4.79 Å². The Morgan fingerprint density at radius 2 is 1.83 bits per heavy atom. The Morgan fingerprint density at radius 1 is 1.17 bits per heavy atom. The maximum absolute atomic E-state index is 11.3. The second-order valence-corrected chi connectivity index (χ2v) is 8.93. The number of benzene rings is 1. The number of likely N-dealkylation sites (tertiary alicyclic amines) is 1. The quantitative estimate of drug-likeness (QED) is 0.312. The molecule has 1 heterocycles. The topological polar surface area (TPSA) is 82.8 Å². The van der Waals surface area contributed by atoms with Crippen molar-refractivity contribution in [2.45, 2.75) is 58.9 Å². The molecule has 1 amide bonds. The Morgan fingerprint density at radius 3 is 2.40 bits per heavy atom. The SMILES string of the molecule is CN=C(NCCCCN1CCC(C(N)=O)CC1)NC(C)c1ccc(CC(C)C)cc1. The Balaban J connectivity index is 1.64. The smallest absolute Gasteiger partial charge is 0.220 e. The van der Waals surface area contributed by atoms with E-state index in [1.54, 1.807) is 0 Å². The summed E-state index contributed by atoms with van der Waals surface area (Å²) >= 11 is 0. The van der Waals surface area contributed by atoms with Crippen LogP contribution >= 0.6 is 0 Å². The summed E-state index contributed by atoms with van der Waals surface area (Å²) in [6, 6.07) is 9.09. The lowest BCUT2D eigenvalue weighted by molar-refractivity contribution is -0.123. The molecule has 1 saturated heterocycles. The number of rotatable bonds is 10. The summed E-state index contributed by atoms with van der Waals surface area (Å²) in [5.41, 5.74) is 8.07. The monoisotopic (exact) mass is 415 g/mol. The van der Waals surface area contributed by atoms with E-state index in [2.05, 4.69) is 65.6 Å². The molecule has 1 aliphatic rings. The standard InChI is InChI=1S/C24H41N5O/c1-18(2)17-20-7-9-21(10-8-20)19(3)28-24(26-4)27-13-5-6-14-29-15-11-22(12-16-29)23(25)30/h7-10,18-19,22H,5-6,11-17H2,1-4H3,(H2,25,30)(H2,26,27,28). The molecule has 0 radical (unpaired) electrons. The molecule has 168 valence electrons. The average Bonchev–Trinajstić information content (AvgIpc) is 2.73. The maximum atomic E-state index is 11.3. The lowest BCUT2D eigenvalue weighted by Gasteiger charge is -2.30. The summed E-state index contributed by atoms with van der Waals surface area (Å²) in [7, 11) is 1.82. The first-order chi connectivity index (χ1) is 14.4. The number of amides is 1. The molecule has 0 aromatic heterocycles. The van der Waals surface area contributed by atoms with Gasteiger partial charge in [-0.25, -0.2) is 0 Å². The maximum Gasteiger partial charge on any atom is 0.220 e. The predicted octanol–water partition coefficient (Wildman–Crippen LogP) is 3.09. The van der Waals surface area contributed by atoms with Gasteiger partial charge in [-0.2, -0.15) is 0 Å². The molecule has 4 N–H and O–H groups in total. The lowest BCUT2D eigenvalue weighted by Crippen LogP contribution is -2.40. The molecular formula is C24H41N5O. The average molecular weight is 416 g/mol. The minimum Gasteiger partial charge on any atom is -0.369 e. The van der Waals surface area contributed by atoms with Crippen molar-refractivity contribution in [3.63, 3.8) is 0 Å². The normalized spacial score (nSPS) is 17.2. The van der Waals surface area contributed by atoms with E-state index >= 15 is 0 Å². The first-order valence-electron chi connectivity index (χ1n) is 11.5. The summed E-state index contributed by atoms with van der Waals surface area (Å²) in [6.45, 7) is 10.6. The first-order valence-corrected chi connectivity index (χ1v) is 11.5. The van der Waals surface area contributed by atoms with Gasteiger partial charge in [0.05, 0.1) is 6.04 Å². The van der Waals surface area contributed by atoms with Crippen LogP contribution in [0, 0.1) is 11.8 Å². The van der Waals surface area contributed by atoms with Crippen LogP contribution in [0.15, 0.2) is 29.3 Å². The minimum atomic E-state index is -0.140. The molecule has 1 fully saturated rings. The number of guanidine groups is 1. The fourth-order valence-corrected chi connectivity index (χ4v) is 4.01. The Kier molecular flexibility index (Phi) is 10.1. The van der Waals surface area contributed by atoms with Crippen molar-refractivity contribution < 1.29 is 4.79 Å². The van der Waals surface area contributed by atoms with Gasteiger partial charge in [0.25, 0.3) is 0 Å². The Bertz CT molecular complexity index is 663. The number of nitrogens with two attached hydrogens (primary N) is 1. The third-order valence-electron chi connectivity index (χ3n) is 5.88. The van der Waals surface area contributed by atoms with E-state index in [1.807, 2.05) is 7.05 Å². The number of primary amides is 1. The van der Waals surface area contributed by atoms with Crippen LogP contribution < -0.4 is 16.4 Å². The molecule has 1 atom stereocenters. The second-order valence-electron chi connectivity index (χ2n) is 8.93. The second kappa shape index (κ2) is 12.6. The number of unbranched alkanes of at least 4 members (excludes halogenated alkanes) is 1. The van der Waals surface area contributed by atoms with Crippen molar-refractivity contribution in [2.24, 2.45) is 22.6 Å². The lowest BCUT2D eigenvalue weighted by atomic mass is 9.96. The molecular weight excluding hydrogens is 374 g/mol. The highest BCUT2D eigenvalue weighted by Gasteiger charge is 2.22. The molecule has 1 aromatic rings. The molecule has 6 nitrogen and oxygen atoms in total. The van der Waals surface area contributed by atoms with Crippen LogP contribution in [0.3, 0.4) is 0 Å². The van der Waals surface area contributed by atoms with Gasteiger partial charge in [-0.05, 0) is 75.7 Å². The van der Waals surface area contributed by atoms with Crippen LogP contribution in [0.5, 0.6) is 0 Å². The van der Waals surface area contributed by atoms with Gasteiger partial charge in [0.2, 0.25) is 5.91 Å². The molecule has 1 unspecified atom stereocenters. The molecule has 0 saturated carbocycles. The van der Waals surface area contributed by atoms with E-state index in [0.29, 0.717) is 5.92 Å². The van der Waals surface area contributed by atoms with E-state index in [0.717, 1.165) is 64.2 Å². The van der Waals surface area contributed by atoms with E-state index in [1.165, 1.54) is 11.1 Å². The fraction of sp³-hybridized carbons (Fsp3) is 0.667. The molecule has 0 spiro atoms. The summed E-state index contributed by atoms with van der Waals surface area (Å²) in [6.07, 6.45) is 5.16. The van der Waals surface area contributed by atoms with Gasteiger partial charge in [0.15, 0.2) is 5.96 Å². The number of hydrogen-bond donors (Lipinski definition) is 3. The van der Waals surface area contributed by atoms with Crippen LogP contribution in [-0.2, 0) is 11.2 Å². The summed E-state index contributed by atoms with van der Waals surface area (Å²) in [5.74, 6) is 1.46. The Labute approximate surface area is 182 Å². The van der Waals surface area contributed by atoms with Crippen LogP contribution in [0.25, 0.3) is 0 Å². The summed E-state index contributed by atoms with van der Waals surface area (Å²) in [5, 5.41) is 6.91. The van der Waals surface area contributed by atoms with Gasteiger partial charge in [-0.1, -0.05) is 38.1 Å². The number of hydrogen-bond acceptors (Lipinski definition) is 3. The largest absolute Gasteiger partial charge is 0.369 e. The van der Waals surface area contributed by atoms with Gasteiger partial charge >= 0.3 is 0 Å². The third-order valence-corrected chi connectivity index (χ3v) is 5.88. The fourth-order valence-electron chi connectivity index (χ4n) is 4.01. The number of nitrogens with one attached hydrogen (secondary N) is 2. The van der Waals surface area contributed by atoms with Crippen molar-refractivity contribution in [3.8, 4) is 0 Å². The van der Waals surface area contributed by atoms with Gasteiger partial charge in [-0.15, -0.1) is 0 Å². The zero-order chi connectivity index (χ0) is 21.9. The molecule has 0 bridgehead atoms. The highest BCUT2D eigenvalue weighted by Crippen LogP contribution is 2.17. The summed E-state index contributed by atoms with van der Waals surface area (Å²) in [4.78, 5) is 18.1. The van der Waals surface area contributed by atoms with Crippen molar-refractivity contribution >= 4 is 11.9 Å². The van der Waals surface area contributed by atoms with Crippen LogP contribution in [0.1, 0.15) is 63.6 Å². The third kappa shape index (κ3) is 8.34. The van der Waals surface area contributed by atoms with Crippen molar-refractivity contribution in [1.82, 2.24) is 15.5 Å². The first kappa shape index (κ1) is 24.2. The zero-order valence-electron chi connectivity index (χ0n) is 19.3. The highest BCUT2D eigenvalue weighted by atomic mass is 16.1. The van der Waals surface area contributed by atoms with Gasteiger partial charge in [0, 0.05) is 19.5 Å². The van der Waals surface area contributed by atoms with E-state index < -0.39 is 0 Å². The number of aliphatic imine (C=N–C) groups is 1. The molecule has 1 aliphatic heterocycles. The molecule has 6 heteroatoms. The highest BCUT2D eigenvalue weighted by molar-refractivity contribution is 5.80. The minimum absolute atomic E-state index is 0.0747. The van der Waals surface area contributed by atoms with Crippen molar-refractivity contribution in [1.29, 1.82) is 0 Å². The van der Waals surface area contributed by atoms with Gasteiger partial charge in [-0.3, -0.25) is 9.79 Å². The van der Waals surface area contributed by atoms with Crippen LogP contribution in [-0.4, -0.2) is 50.0 Å². The molecule has 2 rings (SSSR count). The number of nitrogens with zero attached hydrogens (tertiary/aromatic N) is 2. The number of carbonyl (C=O) groups excluding carboxylic acids is 1. The van der Waals surface area contributed by atoms with Crippen molar-refractivity contribution in [2.75, 3.05) is 33.2 Å². The van der Waals surface area contributed by atoms with Gasteiger partial charge < -0.3 is 21.3 Å². The molecule has 1 aromatic carbocycles. The van der Waals surface area contributed by atoms with Crippen molar-refractivity contribution in [3.05, 3.63) is 35.4 Å². The van der Waals surface area contributed by atoms with E-state index in [4.69, 9.17) is 5.73 Å². The molecule has 0 aliphatic carbocycles. The van der Waals surface area contributed by atoms with Crippen LogP contribution in [0.4, 0.5) is 0 Å². The number of piperidine rings is 1. The summed E-state index contributed by atoms with van der Waals surface area (Å²) < 4.78 is 0. The van der Waals surface area contributed by atoms with Crippen LogP contribution in [0.2, 0.25) is 0 Å². The Hall–Kier alpha value is -2.08.